The highest BCUT2D eigenvalue weighted by Crippen LogP contribution is 2.29. The summed E-state index contributed by atoms with van der Waals surface area (Å²) in [5, 5.41) is 9.86. The first-order valence-electron chi connectivity index (χ1n) is 4.67. The summed E-state index contributed by atoms with van der Waals surface area (Å²) in [6.45, 7) is 1.98. The minimum atomic E-state index is -0.533. The Morgan fingerprint density at radius 2 is 2.44 bits per heavy atom. The van der Waals surface area contributed by atoms with E-state index >= 15 is 0 Å². The van der Waals surface area contributed by atoms with Crippen LogP contribution in [0.3, 0.4) is 0 Å². The molecule has 0 saturated heterocycles. The van der Waals surface area contributed by atoms with Crippen LogP contribution < -0.4 is 0 Å². The lowest BCUT2D eigenvalue weighted by Crippen LogP contribution is -2.04. The van der Waals surface area contributed by atoms with E-state index in [1.165, 1.54) is 18.3 Å². The number of esters is 1. The van der Waals surface area contributed by atoms with Crippen molar-refractivity contribution in [3.8, 4) is 11.4 Å². The van der Waals surface area contributed by atoms with Gasteiger partial charge in [0.25, 0.3) is 0 Å². The van der Waals surface area contributed by atoms with Crippen LogP contribution in [0.5, 0.6) is 0 Å². The van der Waals surface area contributed by atoms with Crippen LogP contribution in [0.25, 0.3) is 11.4 Å². The second-order valence-electron chi connectivity index (χ2n) is 3.10. The normalized spacial score (nSPS) is 10.6. The van der Waals surface area contributed by atoms with Crippen molar-refractivity contribution in [2.45, 2.75) is 6.92 Å². The number of carbonyl (C=O) groups is 1. The van der Waals surface area contributed by atoms with E-state index in [0.29, 0.717) is 16.4 Å². The number of ether oxygens (including phenoxy) is 1. The Bertz CT molecular complexity index is 473. The highest BCUT2D eigenvalue weighted by molar-refractivity contribution is 6.33. The molecule has 0 saturated carbocycles. The third kappa shape index (κ3) is 1.69. The molecule has 0 spiro atoms. The number of rotatable bonds is 2. The number of fused-ring (bicyclic) bond motifs is 1. The molecule has 84 valence electrons. The first-order chi connectivity index (χ1) is 7.63. The number of halogens is 1. The molecule has 0 amide bonds. The van der Waals surface area contributed by atoms with Gasteiger partial charge in [-0.2, -0.15) is 4.73 Å². The number of carbonyl (C=O) groups excluding carboxylic acids is 1. The van der Waals surface area contributed by atoms with Gasteiger partial charge in [0, 0.05) is 12.3 Å². The summed E-state index contributed by atoms with van der Waals surface area (Å²) < 4.78 is 5.66. The minimum absolute atomic E-state index is 0.132. The molecule has 0 aromatic rings. The molecule has 16 heavy (non-hydrogen) atoms. The molecule has 6 heteroatoms. The molecule has 1 N–H and O–H groups in total. The number of aromatic nitrogens is 2. The van der Waals surface area contributed by atoms with Gasteiger partial charge in [0.15, 0.2) is 5.69 Å². The van der Waals surface area contributed by atoms with E-state index in [1.807, 2.05) is 0 Å². The lowest BCUT2D eigenvalue weighted by Gasteiger charge is -2.04. The van der Waals surface area contributed by atoms with Gasteiger partial charge in [-0.15, -0.1) is 0 Å². The van der Waals surface area contributed by atoms with Gasteiger partial charge in [-0.3, -0.25) is 0 Å². The van der Waals surface area contributed by atoms with E-state index in [4.69, 9.17) is 16.3 Å². The summed E-state index contributed by atoms with van der Waals surface area (Å²) in [4.78, 5) is 15.4. The van der Waals surface area contributed by atoms with Gasteiger partial charge in [0.1, 0.15) is 11.4 Å². The topological polar surface area (TPSA) is 64.3 Å². The first kappa shape index (κ1) is 10.8. The van der Waals surface area contributed by atoms with Gasteiger partial charge in [0.05, 0.1) is 11.6 Å². The van der Waals surface area contributed by atoms with Gasteiger partial charge < -0.3 is 9.94 Å². The van der Waals surface area contributed by atoms with Crippen molar-refractivity contribution in [3.05, 3.63) is 29.0 Å². The molecule has 0 bridgehead atoms. The van der Waals surface area contributed by atoms with Gasteiger partial charge in [-0.1, -0.05) is 11.6 Å². The summed E-state index contributed by atoms with van der Waals surface area (Å²) in [7, 11) is 0. The standard InChI is InChI=1S/C10H9ClN2O3/c1-2-16-10(14)7-5-8-9(12-7)6(11)3-4-13(8)15/h3-5,15H,2H2,1H3. The Hall–Kier alpha value is -1.75. The molecule has 0 radical (unpaired) electrons. The fourth-order valence-electron chi connectivity index (χ4n) is 1.36. The Morgan fingerprint density at radius 1 is 1.69 bits per heavy atom. The van der Waals surface area contributed by atoms with Crippen LogP contribution in [0.15, 0.2) is 18.3 Å². The van der Waals surface area contributed by atoms with Crippen molar-refractivity contribution in [1.29, 1.82) is 0 Å². The zero-order valence-corrected chi connectivity index (χ0v) is 9.23. The molecule has 0 fully saturated rings. The van der Waals surface area contributed by atoms with Crippen molar-refractivity contribution in [2.75, 3.05) is 6.61 Å². The summed E-state index contributed by atoms with van der Waals surface area (Å²) in [5.74, 6) is -0.533. The Morgan fingerprint density at radius 3 is 3.06 bits per heavy atom. The fraction of sp³-hybridized carbons (Fsp3) is 0.200. The van der Waals surface area contributed by atoms with Crippen LogP contribution in [0, 0.1) is 0 Å². The number of pyridine rings is 1. The second-order valence-corrected chi connectivity index (χ2v) is 3.51. The third-order valence-electron chi connectivity index (χ3n) is 2.07. The van der Waals surface area contributed by atoms with Crippen LogP contribution in [0.1, 0.15) is 17.4 Å². The summed E-state index contributed by atoms with van der Waals surface area (Å²) in [5.41, 5.74) is 0.873. The zero-order valence-electron chi connectivity index (χ0n) is 8.48. The maximum absolute atomic E-state index is 11.4. The molecule has 5 nitrogen and oxygen atoms in total. The van der Waals surface area contributed by atoms with Crippen molar-refractivity contribution >= 4 is 17.6 Å². The van der Waals surface area contributed by atoms with Gasteiger partial charge in [-0.05, 0) is 13.0 Å². The maximum Gasteiger partial charge on any atom is 0.357 e. The summed E-state index contributed by atoms with van der Waals surface area (Å²) in [6, 6.07) is 2.92. The molecule has 0 aliphatic carbocycles. The molecule has 0 atom stereocenters. The fourth-order valence-corrected chi connectivity index (χ4v) is 1.56. The second kappa shape index (κ2) is 4.02. The molecule has 2 aliphatic rings. The van der Waals surface area contributed by atoms with E-state index in [1.54, 1.807) is 6.92 Å². The summed E-state index contributed by atoms with van der Waals surface area (Å²) >= 11 is 5.89. The smallest absolute Gasteiger partial charge is 0.357 e. The number of nitrogens with zero attached hydrogens (tertiary/aromatic N) is 2. The van der Waals surface area contributed by atoms with E-state index < -0.39 is 5.97 Å². The lowest BCUT2D eigenvalue weighted by atomic mass is 10.3. The average Bonchev–Trinajstić information content (AvgIpc) is 2.70. The Balaban J connectivity index is 2.51. The van der Waals surface area contributed by atoms with E-state index in [2.05, 4.69) is 4.98 Å². The highest BCUT2D eigenvalue weighted by atomic mass is 35.5. The SMILES string of the molecule is CCOC(=O)c1cc2n(O)ccc(Cl)c-2n1. The Kier molecular flexibility index (Phi) is 2.70. The zero-order chi connectivity index (χ0) is 11.7. The van der Waals surface area contributed by atoms with Crippen molar-refractivity contribution < 1.29 is 14.7 Å². The van der Waals surface area contributed by atoms with Crippen LogP contribution >= 0.6 is 11.6 Å². The van der Waals surface area contributed by atoms with Gasteiger partial charge in [0.2, 0.25) is 0 Å². The highest BCUT2D eigenvalue weighted by Gasteiger charge is 2.20. The first-order valence-corrected chi connectivity index (χ1v) is 5.05. The molecule has 2 heterocycles. The Labute approximate surface area is 96.5 Å². The minimum Gasteiger partial charge on any atom is -0.461 e. The monoisotopic (exact) mass is 240 g/mol. The molecule has 2 aliphatic heterocycles. The largest absolute Gasteiger partial charge is 0.461 e. The van der Waals surface area contributed by atoms with E-state index in [-0.39, 0.29) is 12.3 Å². The van der Waals surface area contributed by atoms with E-state index in [9.17, 15) is 10.0 Å². The molecular weight excluding hydrogens is 232 g/mol. The predicted molar refractivity (Wildman–Crippen MR) is 57.0 cm³/mol. The van der Waals surface area contributed by atoms with Crippen LogP contribution in [0.4, 0.5) is 0 Å². The van der Waals surface area contributed by atoms with E-state index in [0.717, 1.165) is 4.73 Å². The molecular formula is C10H9ClN2O3. The van der Waals surface area contributed by atoms with Crippen molar-refractivity contribution in [1.82, 2.24) is 9.71 Å². The quantitative estimate of drug-likeness (QED) is 0.645. The predicted octanol–water partition coefficient (Wildman–Crippen LogP) is 2.06. The van der Waals surface area contributed by atoms with Crippen LogP contribution in [-0.2, 0) is 4.74 Å². The molecule has 0 aromatic carbocycles. The molecule has 0 aromatic heterocycles. The van der Waals surface area contributed by atoms with Crippen molar-refractivity contribution in [3.63, 3.8) is 0 Å². The van der Waals surface area contributed by atoms with Crippen LogP contribution in [0.2, 0.25) is 5.02 Å². The summed E-state index contributed by atoms with van der Waals surface area (Å²) in [6.07, 6.45) is 1.38. The average molecular weight is 241 g/mol. The van der Waals surface area contributed by atoms with Crippen molar-refractivity contribution in [2.24, 2.45) is 0 Å². The van der Waals surface area contributed by atoms with Gasteiger partial charge >= 0.3 is 5.97 Å². The molecule has 0 unspecified atom stereocenters. The van der Waals surface area contributed by atoms with Gasteiger partial charge in [-0.25, -0.2) is 9.78 Å². The molecule has 2 rings (SSSR count). The maximum atomic E-state index is 11.4. The number of hydrogen-bond acceptors (Lipinski definition) is 4. The van der Waals surface area contributed by atoms with Crippen LogP contribution in [-0.4, -0.2) is 27.5 Å². The number of hydrogen-bond donors (Lipinski definition) is 1. The lowest BCUT2D eigenvalue weighted by molar-refractivity contribution is 0.0520. The third-order valence-corrected chi connectivity index (χ3v) is 2.37.